The van der Waals surface area contributed by atoms with Crippen molar-refractivity contribution in [3.63, 3.8) is 0 Å². The molecule has 1 amide bonds. The third kappa shape index (κ3) is 3.98. The number of rotatable bonds is 7. The van der Waals surface area contributed by atoms with Gasteiger partial charge in [-0.2, -0.15) is 0 Å². The molecule has 0 aromatic heterocycles. The monoisotopic (exact) mass is 256 g/mol. The van der Waals surface area contributed by atoms with E-state index in [0.717, 1.165) is 19.3 Å². The second-order valence-corrected chi connectivity index (χ2v) is 5.80. The fraction of sp³-hybridized carbons (Fsp3) is 0.846. The Labute approximate surface area is 108 Å². The number of carbonyl (C=O) groups is 2. The minimum atomic E-state index is -0.959. The Morgan fingerprint density at radius 3 is 2.33 bits per heavy atom. The molecule has 0 heterocycles. The van der Waals surface area contributed by atoms with Crippen molar-refractivity contribution in [1.82, 2.24) is 4.90 Å². The maximum atomic E-state index is 12.2. The second-order valence-electron chi connectivity index (χ2n) is 5.80. The molecule has 0 bridgehead atoms. The van der Waals surface area contributed by atoms with Gasteiger partial charge in [-0.25, -0.2) is 0 Å². The van der Waals surface area contributed by atoms with Gasteiger partial charge in [0.25, 0.3) is 0 Å². The normalized spacial score (nSPS) is 17.3. The molecule has 1 aliphatic carbocycles. The Bertz CT molecular complexity index is 306. The highest BCUT2D eigenvalue weighted by Gasteiger charge is 2.38. The van der Waals surface area contributed by atoms with E-state index in [1.807, 2.05) is 13.8 Å². The summed E-state index contributed by atoms with van der Waals surface area (Å²) in [5, 5.41) is 8.85. The van der Waals surface area contributed by atoms with Gasteiger partial charge in [0.2, 0.25) is 5.91 Å². The first-order chi connectivity index (χ1) is 8.38. The molecule has 1 rings (SSSR count). The van der Waals surface area contributed by atoms with Gasteiger partial charge >= 0.3 is 5.97 Å². The average Bonchev–Trinajstić information content (AvgIpc) is 2.20. The number of aliphatic carboxylic acids is 1. The van der Waals surface area contributed by atoms with Gasteiger partial charge in [0.15, 0.2) is 0 Å². The van der Waals surface area contributed by atoms with Gasteiger partial charge in [-0.05, 0) is 30.7 Å². The summed E-state index contributed by atoms with van der Waals surface area (Å²) in [7, 11) is 0. The Morgan fingerprint density at radius 1 is 1.39 bits per heavy atom. The van der Waals surface area contributed by atoms with Crippen molar-refractivity contribution < 1.29 is 14.7 Å². The van der Waals surface area contributed by atoms with Crippen molar-refractivity contribution in [2.75, 3.05) is 19.6 Å². The maximum absolute atomic E-state index is 12.2. The minimum Gasteiger partial charge on any atom is -0.480 e. The Kier molecular flexibility index (Phi) is 5.14. The fourth-order valence-corrected chi connectivity index (χ4v) is 2.42. The third-order valence-corrected chi connectivity index (χ3v) is 3.64. The highest BCUT2D eigenvalue weighted by molar-refractivity contribution is 5.82. The van der Waals surface area contributed by atoms with Crippen LogP contribution in [0.25, 0.3) is 0 Å². The van der Waals surface area contributed by atoms with E-state index >= 15 is 0 Å². The van der Waals surface area contributed by atoms with Crippen LogP contribution in [0.1, 0.15) is 39.5 Å². The molecule has 1 fully saturated rings. The molecule has 18 heavy (non-hydrogen) atoms. The smallest absolute Gasteiger partial charge is 0.323 e. The predicted octanol–water partition coefficient (Wildman–Crippen LogP) is 1.07. The quantitative estimate of drug-likeness (QED) is 0.714. The van der Waals surface area contributed by atoms with Crippen molar-refractivity contribution in [2.45, 2.75) is 39.5 Å². The van der Waals surface area contributed by atoms with E-state index in [1.165, 1.54) is 4.90 Å². The van der Waals surface area contributed by atoms with Crippen molar-refractivity contribution in [1.29, 1.82) is 0 Å². The third-order valence-electron chi connectivity index (χ3n) is 3.64. The summed E-state index contributed by atoms with van der Waals surface area (Å²) < 4.78 is 0. The van der Waals surface area contributed by atoms with E-state index in [1.54, 1.807) is 0 Å². The number of amides is 1. The highest BCUT2D eigenvalue weighted by atomic mass is 16.4. The lowest BCUT2D eigenvalue weighted by atomic mass is 9.66. The summed E-state index contributed by atoms with van der Waals surface area (Å²) >= 11 is 0. The van der Waals surface area contributed by atoms with Crippen LogP contribution in [-0.4, -0.2) is 41.5 Å². The average molecular weight is 256 g/mol. The van der Waals surface area contributed by atoms with E-state index < -0.39 is 5.97 Å². The second kappa shape index (κ2) is 6.18. The molecule has 0 radical (unpaired) electrons. The zero-order valence-corrected chi connectivity index (χ0v) is 11.3. The van der Waals surface area contributed by atoms with Crippen LogP contribution in [0.15, 0.2) is 0 Å². The first-order valence-electron chi connectivity index (χ1n) is 6.58. The molecule has 0 aromatic carbocycles. The molecule has 5 nitrogen and oxygen atoms in total. The molecule has 0 spiro atoms. The molecule has 1 saturated carbocycles. The number of carboxylic acids is 1. The van der Waals surface area contributed by atoms with Crippen molar-refractivity contribution >= 4 is 11.9 Å². The van der Waals surface area contributed by atoms with Crippen LogP contribution in [0.3, 0.4) is 0 Å². The number of carbonyl (C=O) groups excluding carboxylic acids is 1. The highest BCUT2D eigenvalue weighted by Crippen LogP contribution is 2.43. The molecule has 5 heteroatoms. The molecule has 104 valence electrons. The summed E-state index contributed by atoms with van der Waals surface area (Å²) in [6, 6.07) is 0. The van der Waals surface area contributed by atoms with Gasteiger partial charge in [-0.1, -0.05) is 20.3 Å². The Morgan fingerprint density at radius 2 is 2.00 bits per heavy atom. The van der Waals surface area contributed by atoms with E-state index in [-0.39, 0.29) is 23.8 Å². The number of carboxylic acid groups (broad SMARTS) is 1. The van der Waals surface area contributed by atoms with Crippen molar-refractivity contribution in [2.24, 2.45) is 17.1 Å². The van der Waals surface area contributed by atoms with Gasteiger partial charge in [-0.15, -0.1) is 0 Å². The summed E-state index contributed by atoms with van der Waals surface area (Å²) in [4.78, 5) is 24.4. The van der Waals surface area contributed by atoms with E-state index in [4.69, 9.17) is 10.8 Å². The summed E-state index contributed by atoms with van der Waals surface area (Å²) in [6.07, 6.45) is 3.48. The van der Waals surface area contributed by atoms with Crippen LogP contribution >= 0.6 is 0 Å². The van der Waals surface area contributed by atoms with Crippen LogP contribution in [0, 0.1) is 11.3 Å². The summed E-state index contributed by atoms with van der Waals surface area (Å²) in [6.45, 7) is 4.75. The number of hydrogen-bond acceptors (Lipinski definition) is 3. The molecule has 0 aromatic rings. The van der Waals surface area contributed by atoms with Gasteiger partial charge in [0, 0.05) is 13.0 Å². The first kappa shape index (κ1) is 15.0. The van der Waals surface area contributed by atoms with Gasteiger partial charge in [0.1, 0.15) is 6.54 Å². The van der Waals surface area contributed by atoms with Crippen LogP contribution in [0.5, 0.6) is 0 Å². The molecule has 0 aliphatic heterocycles. The molecular formula is C13H24N2O3. The van der Waals surface area contributed by atoms with Gasteiger partial charge in [-0.3, -0.25) is 9.59 Å². The molecule has 3 N–H and O–H groups in total. The van der Waals surface area contributed by atoms with Gasteiger partial charge in [0.05, 0.1) is 0 Å². The van der Waals surface area contributed by atoms with Crippen LogP contribution in [0.4, 0.5) is 0 Å². The van der Waals surface area contributed by atoms with E-state index in [9.17, 15) is 9.59 Å². The number of nitrogens with two attached hydrogens (primary N) is 1. The SMILES string of the molecule is CC(C)CN(CC(=O)O)C(=O)CC1(CN)CCC1. The van der Waals surface area contributed by atoms with E-state index in [0.29, 0.717) is 19.5 Å². The first-order valence-corrected chi connectivity index (χ1v) is 6.58. The zero-order valence-electron chi connectivity index (χ0n) is 11.3. The lowest BCUT2D eigenvalue weighted by Gasteiger charge is -2.41. The summed E-state index contributed by atoms with van der Waals surface area (Å²) in [5.41, 5.74) is 5.67. The molecule has 1 aliphatic rings. The number of hydrogen-bond donors (Lipinski definition) is 2. The zero-order chi connectivity index (χ0) is 13.8. The van der Waals surface area contributed by atoms with Crippen molar-refractivity contribution in [3.05, 3.63) is 0 Å². The molecular weight excluding hydrogens is 232 g/mol. The van der Waals surface area contributed by atoms with Crippen LogP contribution < -0.4 is 5.73 Å². The standard InChI is InChI=1S/C13H24N2O3/c1-10(2)7-15(8-12(17)18)11(16)6-13(9-14)4-3-5-13/h10H,3-9,14H2,1-2H3,(H,17,18). The topological polar surface area (TPSA) is 83.6 Å². The van der Waals surface area contributed by atoms with Gasteiger partial charge < -0.3 is 15.7 Å². The Balaban J connectivity index is 2.60. The molecule has 0 saturated heterocycles. The van der Waals surface area contributed by atoms with Crippen molar-refractivity contribution in [3.8, 4) is 0 Å². The predicted molar refractivity (Wildman–Crippen MR) is 69.0 cm³/mol. The largest absolute Gasteiger partial charge is 0.480 e. The minimum absolute atomic E-state index is 0.0647. The maximum Gasteiger partial charge on any atom is 0.323 e. The lowest BCUT2D eigenvalue weighted by molar-refractivity contribution is -0.146. The van der Waals surface area contributed by atoms with Crippen LogP contribution in [-0.2, 0) is 9.59 Å². The number of nitrogens with zero attached hydrogens (tertiary/aromatic N) is 1. The fourth-order valence-electron chi connectivity index (χ4n) is 2.42. The Hall–Kier alpha value is -1.10. The molecule has 0 atom stereocenters. The molecule has 0 unspecified atom stereocenters. The van der Waals surface area contributed by atoms with E-state index in [2.05, 4.69) is 0 Å². The lowest BCUT2D eigenvalue weighted by Crippen LogP contribution is -2.45. The summed E-state index contributed by atoms with van der Waals surface area (Å²) in [5.74, 6) is -0.765. The van der Waals surface area contributed by atoms with Crippen LogP contribution in [0.2, 0.25) is 0 Å².